The Labute approximate surface area is 119 Å². The summed E-state index contributed by atoms with van der Waals surface area (Å²) in [6.07, 6.45) is 1.66. The van der Waals surface area contributed by atoms with Crippen LogP contribution in [0, 0.1) is 0 Å². The van der Waals surface area contributed by atoms with Gasteiger partial charge in [0.15, 0.2) is 0 Å². The fourth-order valence-corrected chi connectivity index (χ4v) is 2.39. The van der Waals surface area contributed by atoms with E-state index in [9.17, 15) is 4.79 Å². The fraction of sp³-hybridized carbons (Fsp3) is 0.143. The van der Waals surface area contributed by atoms with Crippen LogP contribution in [0.1, 0.15) is 10.4 Å². The smallest absolute Gasteiger partial charge is 0.338 e. The number of aromatic amines is 1. The first-order valence-corrected chi connectivity index (χ1v) is 6.25. The van der Waals surface area contributed by atoms with Gasteiger partial charge in [-0.2, -0.15) is 0 Å². The summed E-state index contributed by atoms with van der Waals surface area (Å²) < 4.78 is 10.1. The van der Waals surface area contributed by atoms with E-state index >= 15 is 0 Å². The molecule has 0 saturated heterocycles. The maximum atomic E-state index is 11.7. The molecule has 20 heavy (non-hydrogen) atoms. The van der Waals surface area contributed by atoms with E-state index in [0.717, 1.165) is 21.8 Å². The van der Waals surface area contributed by atoms with Crippen LogP contribution in [0.4, 0.5) is 0 Å². The normalized spacial score (nSPS) is 10.9. The molecule has 0 aliphatic rings. The third-order valence-electron chi connectivity index (χ3n) is 3.16. The van der Waals surface area contributed by atoms with Crippen LogP contribution in [0.2, 0.25) is 5.15 Å². The molecular formula is C14H11ClN2O3. The van der Waals surface area contributed by atoms with Crippen molar-refractivity contribution < 1.29 is 14.3 Å². The number of nitrogens with zero attached hydrogens (tertiary/aromatic N) is 1. The Morgan fingerprint density at radius 1 is 1.25 bits per heavy atom. The van der Waals surface area contributed by atoms with Crippen molar-refractivity contribution in [2.24, 2.45) is 0 Å². The molecule has 3 aromatic rings. The van der Waals surface area contributed by atoms with Gasteiger partial charge in [-0.25, -0.2) is 9.78 Å². The Morgan fingerprint density at radius 3 is 2.75 bits per heavy atom. The van der Waals surface area contributed by atoms with Gasteiger partial charge in [0.25, 0.3) is 0 Å². The summed E-state index contributed by atoms with van der Waals surface area (Å²) in [7, 11) is 2.89. The molecular weight excluding hydrogens is 280 g/mol. The van der Waals surface area contributed by atoms with E-state index in [1.807, 2.05) is 0 Å². The molecule has 102 valence electrons. The first-order chi connectivity index (χ1) is 9.63. The SMILES string of the molecule is COC(=O)c1cc(OC)c2[nH]c3cc(Cl)ncc3c2c1. The monoisotopic (exact) mass is 290 g/mol. The molecule has 0 amide bonds. The lowest BCUT2D eigenvalue weighted by molar-refractivity contribution is 0.0600. The number of halogens is 1. The van der Waals surface area contributed by atoms with E-state index in [1.54, 1.807) is 31.5 Å². The highest BCUT2D eigenvalue weighted by atomic mass is 35.5. The molecule has 1 aromatic carbocycles. The second-order valence-corrected chi connectivity index (χ2v) is 4.66. The Kier molecular flexibility index (Phi) is 2.99. The number of pyridine rings is 1. The summed E-state index contributed by atoms with van der Waals surface area (Å²) in [5.41, 5.74) is 2.05. The zero-order valence-corrected chi connectivity index (χ0v) is 11.6. The van der Waals surface area contributed by atoms with Crippen molar-refractivity contribution in [1.29, 1.82) is 0 Å². The predicted octanol–water partition coefficient (Wildman–Crippen LogP) is 3.16. The lowest BCUT2D eigenvalue weighted by Gasteiger charge is -2.05. The molecule has 0 atom stereocenters. The van der Waals surface area contributed by atoms with Crippen molar-refractivity contribution >= 4 is 39.4 Å². The first kappa shape index (κ1) is 12.7. The lowest BCUT2D eigenvalue weighted by atomic mass is 10.1. The van der Waals surface area contributed by atoms with Crippen LogP contribution in [0.25, 0.3) is 21.8 Å². The fourth-order valence-electron chi connectivity index (χ4n) is 2.24. The summed E-state index contributed by atoms with van der Waals surface area (Å²) in [4.78, 5) is 19.0. The minimum atomic E-state index is -0.415. The van der Waals surface area contributed by atoms with Crippen molar-refractivity contribution in [3.8, 4) is 5.75 Å². The number of benzene rings is 1. The van der Waals surface area contributed by atoms with Crippen molar-refractivity contribution in [1.82, 2.24) is 9.97 Å². The Balaban J connectivity index is 2.39. The van der Waals surface area contributed by atoms with Gasteiger partial charge in [-0.3, -0.25) is 0 Å². The van der Waals surface area contributed by atoms with Crippen molar-refractivity contribution in [3.63, 3.8) is 0 Å². The predicted molar refractivity (Wildman–Crippen MR) is 76.5 cm³/mol. The van der Waals surface area contributed by atoms with Gasteiger partial charge in [-0.1, -0.05) is 11.6 Å². The quantitative estimate of drug-likeness (QED) is 0.581. The van der Waals surface area contributed by atoms with E-state index in [2.05, 4.69) is 9.97 Å². The molecule has 2 heterocycles. The second kappa shape index (κ2) is 4.68. The highest BCUT2D eigenvalue weighted by Crippen LogP contribution is 2.33. The summed E-state index contributed by atoms with van der Waals surface area (Å²) in [6, 6.07) is 5.12. The van der Waals surface area contributed by atoms with Crippen LogP contribution in [-0.2, 0) is 4.74 Å². The summed E-state index contributed by atoms with van der Waals surface area (Å²) in [5, 5.41) is 2.11. The number of carbonyl (C=O) groups is 1. The number of methoxy groups -OCH3 is 2. The van der Waals surface area contributed by atoms with Crippen molar-refractivity contribution in [3.05, 3.63) is 35.1 Å². The highest BCUT2D eigenvalue weighted by Gasteiger charge is 2.15. The summed E-state index contributed by atoms with van der Waals surface area (Å²) in [6.45, 7) is 0. The number of H-pyrrole nitrogens is 1. The number of esters is 1. The van der Waals surface area contributed by atoms with Crippen molar-refractivity contribution in [2.75, 3.05) is 14.2 Å². The third kappa shape index (κ3) is 1.87. The zero-order chi connectivity index (χ0) is 14.3. The number of hydrogen-bond donors (Lipinski definition) is 1. The third-order valence-corrected chi connectivity index (χ3v) is 3.37. The molecule has 3 rings (SSSR count). The molecule has 6 heteroatoms. The molecule has 0 unspecified atom stereocenters. The molecule has 5 nitrogen and oxygen atoms in total. The van der Waals surface area contributed by atoms with E-state index in [-0.39, 0.29) is 0 Å². The first-order valence-electron chi connectivity index (χ1n) is 5.87. The van der Waals surface area contributed by atoms with Gasteiger partial charge in [0, 0.05) is 17.0 Å². The van der Waals surface area contributed by atoms with Gasteiger partial charge >= 0.3 is 5.97 Å². The van der Waals surface area contributed by atoms with Gasteiger partial charge in [-0.05, 0) is 18.2 Å². The van der Waals surface area contributed by atoms with E-state index in [4.69, 9.17) is 21.1 Å². The van der Waals surface area contributed by atoms with Crippen molar-refractivity contribution in [2.45, 2.75) is 0 Å². The van der Waals surface area contributed by atoms with Crippen LogP contribution in [-0.4, -0.2) is 30.2 Å². The molecule has 0 saturated carbocycles. The van der Waals surface area contributed by atoms with Gasteiger partial charge < -0.3 is 14.5 Å². The standard InChI is InChI=1S/C14H11ClN2O3/c1-19-11-4-7(14(18)20-2)3-8-9-6-16-12(15)5-10(9)17-13(8)11/h3-6,17H,1-2H3. The zero-order valence-electron chi connectivity index (χ0n) is 10.9. The minimum Gasteiger partial charge on any atom is -0.495 e. The maximum Gasteiger partial charge on any atom is 0.338 e. The molecule has 1 N–H and O–H groups in total. The largest absolute Gasteiger partial charge is 0.495 e. The van der Waals surface area contributed by atoms with E-state index in [0.29, 0.717) is 16.5 Å². The number of nitrogens with one attached hydrogen (secondary N) is 1. The Bertz CT molecular complexity index is 826. The number of aromatic nitrogens is 2. The van der Waals surface area contributed by atoms with E-state index in [1.165, 1.54) is 7.11 Å². The van der Waals surface area contributed by atoms with Gasteiger partial charge in [0.05, 0.1) is 30.8 Å². The van der Waals surface area contributed by atoms with E-state index < -0.39 is 5.97 Å². The Hall–Kier alpha value is -2.27. The molecule has 0 fully saturated rings. The number of carbonyl (C=O) groups excluding carboxylic acids is 1. The number of ether oxygens (including phenoxy) is 2. The molecule has 0 aliphatic heterocycles. The van der Waals surface area contributed by atoms with Crippen LogP contribution in [0.15, 0.2) is 24.4 Å². The molecule has 0 bridgehead atoms. The molecule has 0 radical (unpaired) electrons. The molecule has 2 aromatic heterocycles. The second-order valence-electron chi connectivity index (χ2n) is 4.27. The van der Waals surface area contributed by atoms with Gasteiger partial charge in [0.1, 0.15) is 10.9 Å². The highest BCUT2D eigenvalue weighted by molar-refractivity contribution is 6.30. The summed E-state index contributed by atoms with van der Waals surface area (Å²) in [5.74, 6) is 0.150. The van der Waals surface area contributed by atoms with Crippen LogP contribution < -0.4 is 4.74 Å². The number of hydrogen-bond acceptors (Lipinski definition) is 4. The van der Waals surface area contributed by atoms with Crippen LogP contribution in [0.3, 0.4) is 0 Å². The molecule has 0 aliphatic carbocycles. The average molecular weight is 291 g/mol. The van der Waals surface area contributed by atoms with Gasteiger partial charge in [0.2, 0.25) is 0 Å². The van der Waals surface area contributed by atoms with Gasteiger partial charge in [-0.15, -0.1) is 0 Å². The topological polar surface area (TPSA) is 64.2 Å². The number of rotatable bonds is 2. The maximum absolute atomic E-state index is 11.7. The Morgan fingerprint density at radius 2 is 2.05 bits per heavy atom. The average Bonchev–Trinajstić information content (AvgIpc) is 2.82. The number of fused-ring (bicyclic) bond motifs is 3. The van der Waals surface area contributed by atoms with Crippen LogP contribution in [0.5, 0.6) is 5.75 Å². The molecule has 0 spiro atoms. The summed E-state index contributed by atoms with van der Waals surface area (Å²) >= 11 is 5.89. The minimum absolute atomic E-state index is 0.399. The lowest BCUT2D eigenvalue weighted by Crippen LogP contribution is -2.01. The van der Waals surface area contributed by atoms with Crippen LogP contribution >= 0.6 is 11.6 Å².